The number of rotatable bonds is 33. The van der Waals surface area contributed by atoms with E-state index in [1.165, 1.54) is 27.7 Å². The third-order valence-corrected chi connectivity index (χ3v) is 10.3. The summed E-state index contributed by atoms with van der Waals surface area (Å²) in [6, 6.07) is -10.8. The number of primary amides is 1. The number of nitrogens with zero attached hydrogens (tertiary/aromatic N) is 3. The van der Waals surface area contributed by atoms with Gasteiger partial charge in [0.25, 0.3) is 0 Å². The van der Waals surface area contributed by atoms with E-state index in [-0.39, 0.29) is 38.2 Å². The highest BCUT2D eigenvalue weighted by Gasteiger charge is 2.36. The molecule has 10 atom stereocenters. The fourth-order valence-corrected chi connectivity index (χ4v) is 6.35. The van der Waals surface area contributed by atoms with Crippen molar-refractivity contribution in [2.24, 2.45) is 32.9 Å². The van der Waals surface area contributed by atoms with E-state index in [4.69, 9.17) is 22.9 Å². The van der Waals surface area contributed by atoms with Gasteiger partial charge < -0.3 is 90.3 Å². The maximum atomic E-state index is 14.1. The molecule has 8 amide bonds. The molecular weight excluding hydrogens is 905 g/mol. The molecule has 0 saturated heterocycles. The number of nitrogens with two attached hydrogens (primary N) is 4. The van der Waals surface area contributed by atoms with Crippen molar-refractivity contribution in [3.05, 3.63) is 0 Å². The van der Waals surface area contributed by atoms with Crippen LogP contribution in [0.4, 0.5) is 0 Å². The summed E-state index contributed by atoms with van der Waals surface area (Å²) in [4.78, 5) is 126. The zero-order valence-corrected chi connectivity index (χ0v) is 41.6. The molecule has 394 valence electrons. The maximum absolute atomic E-state index is 14.1. The second-order valence-corrected chi connectivity index (χ2v) is 17.8. The number of hydrogen-bond donors (Lipinski definition) is 15. The van der Waals surface area contributed by atoms with Gasteiger partial charge in [-0.2, -0.15) is 0 Å². The van der Waals surface area contributed by atoms with E-state index in [1.807, 2.05) is 21.1 Å². The first-order chi connectivity index (χ1) is 32.2. The Kier molecular flexibility index (Phi) is 29.6. The number of guanidine groups is 2. The number of hydrogen-bond acceptors (Lipinski definition) is 14. The maximum Gasteiger partial charge on any atom is 0.245 e. The molecular formula is C42H81N16O11+. The van der Waals surface area contributed by atoms with Gasteiger partial charge in [0.05, 0.1) is 52.0 Å². The van der Waals surface area contributed by atoms with Gasteiger partial charge >= 0.3 is 0 Å². The molecule has 0 radical (unpaired) electrons. The fraction of sp³-hybridized carbons (Fsp3) is 0.738. The molecule has 0 saturated carbocycles. The van der Waals surface area contributed by atoms with E-state index in [9.17, 15) is 53.4 Å². The van der Waals surface area contributed by atoms with Crippen LogP contribution in [-0.2, 0) is 43.2 Å². The first-order valence-corrected chi connectivity index (χ1v) is 22.9. The summed E-state index contributed by atoms with van der Waals surface area (Å²) in [6.07, 6.45) is -1.49. The van der Waals surface area contributed by atoms with Gasteiger partial charge in [-0.25, -0.2) is 0 Å². The first kappa shape index (κ1) is 62.8. The molecule has 19 N–H and O–H groups in total. The highest BCUT2D eigenvalue weighted by atomic mass is 16.3. The van der Waals surface area contributed by atoms with Crippen LogP contribution in [0.3, 0.4) is 0 Å². The third kappa shape index (κ3) is 26.8. The number of aliphatic hydroxyl groups is 2. The zero-order chi connectivity index (χ0) is 53.0. The topological polar surface area (TPSA) is 431 Å². The average molecular weight is 986 g/mol. The van der Waals surface area contributed by atoms with Crippen molar-refractivity contribution in [1.82, 2.24) is 47.9 Å². The van der Waals surface area contributed by atoms with E-state index in [1.54, 1.807) is 14.1 Å². The van der Waals surface area contributed by atoms with Crippen molar-refractivity contribution in [3.63, 3.8) is 0 Å². The van der Waals surface area contributed by atoms with Gasteiger partial charge in [-0.1, -0.05) is 0 Å². The summed E-state index contributed by atoms with van der Waals surface area (Å²) in [6.45, 7) is 6.34. The number of amides is 8. The van der Waals surface area contributed by atoms with E-state index < -0.39 is 121 Å². The van der Waals surface area contributed by atoms with Gasteiger partial charge in [0.15, 0.2) is 11.9 Å². The predicted octanol–water partition coefficient (Wildman–Crippen LogP) is -6.52. The van der Waals surface area contributed by atoms with Crippen molar-refractivity contribution in [2.75, 3.05) is 54.9 Å². The summed E-state index contributed by atoms with van der Waals surface area (Å²) in [5, 5.41) is 44.4. The molecule has 0 aromatic carbocycles. The molecule has 0 heterocycles. The Morgan fingerprint density at radius 1 is 0.623 bits per heavy atom. The van der Waals surface area contributed by atoms with Crippen LogP contribution in [0.15, 0.2) is 9.98 Å². The molecule has 0 unspecified atom stereocenters. The largest absolute Gasteiger partial charge is 0.391 e. The lowest BCUT2D eigenvalue weighted by Gasteiger charge is -2.29. The smallest absolute Gasteiger partial charge is 0.245 e. The Labute approximate surface area is 404 Å². The zero-order valence-electron chi connectivity index (χ0n) is 41.6. The van der Waals surface area contributed by atoms with E-state index in [2.05, 4.69) is 57.8 Å². The molecule has 27 heteroatoms. The lowest BCUT2D eigenvalue weighted by atomic mass is 10.0. The standard InChI is InChI=1S/C42H80N16O11/c1-23(43)34(63)53-29(16-13-19-49-41(45)46)37(66)57-33(26(4)61)40(69)55-28(15-10-11-21-58(7,8)9)36(65)54-30(17-18-31(44)62)38(67)56-32(25(3)60)39(68)51-24(2)35(64)52-27(22-59)14-12-20-50-42(47-5)48-6/h22-30,32-33,60-61H,10-21,43H2,1-9H3,(H14-,44,45,46,47,48,49,50,51,52,53,54,55,56,57,62,63,64,65,66,67,68,69)/p+1/t23-,24-,25+,26+,27-,28-,29-,30-,32-,33-/m0/s1. The molecule has 27 nitrogen and oxygen atoms in total. The lowest BCUT2D eigenvalue weighted by Crippen LogP contribution is -2.62. The summed E-state index contributed by atoms with van der Waals surface area (Å²) >= 11 is 0. The Bertz CT molecular complexity index is 1750. The van der Waals surface area contributed by atoms with Gasteiger partial charge in [-0.15, -0.1) is 0 Å². The van der Waals surface area contributed by atoms with Gasteiger partial charge in [0, 0.05) is 33.6 Å². The van der Waals surface area contributed by atoms with Gasteiger partial charge in [0.1, 0.15) is 42.5 Å². The molecule has 0 bridgehead atoms. The van der Waals surface area contributed by atoms with Crippen molar-refractivity contribution < 1.29 is 57.8 Å². The minimum Gasteiger partial charge on any atom is -0.391 e. The highest BCUT2D eigenvalue weighted by molar-refractivity contribution is 5.97. The normalized spacial score (nSPS) is 15.9. The van der Waals surface area contributed by atoms with Crippen LogP contribution in [0.5, 0.6) is 0 Å². The second-order valence-electron chi connectivity index (χ2n) is 17.8. The number of aldehydes is 1. The Hall–Kier alpha value is -6.19. The van der Waals surface area contributed by atoms with Crippen LogP contribution in [0.1, 0.15) is 85.5 Å². The Balaban J connectivity index is 6.41. The number of aliphatic imine (C=N–C) groups is 2. The van der Waals surface area contributed by atoms with Crippen molar-refractivity contribution in [1.29, 1.82) is 0 Å². The molecule has 0 fully saturated rings. The van der Waals surface area contributed by atoms with Crippen molar-refractivity contribution >= 4 is 65.5 Å². The van der Waals surface area contributed by atoms with E-state index >= 15 is 0 Å². The Morgan fingerprint density at radius 2 is 1.12 bits per heavy atom. The summed E-state index contributed by atoms with van der Waals surface area (Å²) < 4.78 is 0.577. The SMILES string of the molecule is CN=C(NC)NCCC[C@@H](C=O)NC(=O)[C@H](C)NC(=O)[C@@H](NC(=O)[C@H](CCC(N)=O)NC(=O)[C@H](CCCC[N+](C)(C)C)NC(=O)[C@@H](NC(=O)[C@H](CCCN=C(N)N)NC(=O)[C@H](C)N)[C@@H](C)O)[C@@H](C)O. The number of aliphatic hydroxyl groups excluding tert-OH is 2. The molecule has 69 heavy (non-hydrogen) atoms. The molecule has 0 spiro atoms. The van der Waals surface area contributed by atoms with Gasteiger partial charge in [-0.05, 0) is 79.1 Å². The van der Waals surface area contributed by atoms with Gasteiger partial charge in [-0.3, -0.25) is 48.3 Å². The number of carbonyl (C=O) groups is 9. The highest BCUT2D eigenvalue weighted by Crippen LogP contribution is 2.10. The quantitative estimate of drug-likeness (QED) is 0.00956. The van der Waals surface area contributed by atoms with E-state index in [0.29, 0.717) is 49.1 Å². The molecule has 0 aliphatic carbocycles. The van der Waals surface area contributed by atoms with Crippen LogP contribution in [0.25, 0.3) is 0 Å². The molecule has 0 rings (SSSR count). The first-order valence-electron chi connectivity index (χ1n) is 22.9. The summed E-state index contributed by atoms with van der Waals surface area (Å²) in [7, 11) is 9.14. The summed E-state index contributed by atoms with van der Waals surface area (Å²) in [5.74, 6) is -6.78. The Morgan fingerprint density at radius 3 is 1.58 bits per heavy atom. The van der Waals surface area contributed by atoms with Crippen LogP contribution in [-0.4, -0.2) is 196 Å². The minimum atomic E-state index is -1.70. The number of quaternary nitrogens is 1. The third-order valence-electron chi connectivity index (χ3n) is 10.3. The molecule has 0 aromatic rings. The van der Waals surface area contributed by atoms with Crippen LogP contribution >= 0.6 is 0 Å². The van der Waals surface area contributed by atoms with Crippen LogP contribution in [0.2, 0.25) is 0 Å². The second kappa shape index (κ2) is 32.5. The number of unbranched alkanes of at least 4 members (excludes halogenated alkanes) is 1. The van der Waals surface area contributed by atoms with Gasteiger partial charge in [0.2, 0.25) is 47.3 Å². The molecule has 0 aliphatic rings. The van der Waals surface area contributed by atoms with Crippen LogP contribution < -0.4 is 70.8 Å². The number of nitrogens with one attached hydrogen (secondary N) is 9. The predicted molar refractivity (Wildman–Crippen MR) is 257 cm³/mol. The fourth-order valence-electron chi connectivity index (χ4n) is 6.35. The van der Waals surface area contributed by atoms with Crippen molar-refractivity contribution in [3.8, 4) is 0 Å². The lowest BCUT2D eigenvalue weighted by molar-refractivity contribution is -0.870. The molecule has 0 aliphatic heterocycles. The molecule has 0 aromatic heterocycles. The van der Waals surface area contributed by atoms with Crippen LogP contribution in [0, 0.1) is 0 Å². The average Bonchev–Trinajstić information content (AvgIpc) is 3.26. The summed E-state index contributed by atoms with van der Waals surface area (Å²) in [5.41, 5.74) is 21.8. The number of carbonyl (C=O) groups excluding carboxylic acids is 9. The van der Waals surface area contributed by atoms with E-state index in [0.717, 1.165) is 0 Å². The van der Waals surface area contributed by atoms with Crippen molar-refractivity contribution in [2.45, 2.75) is 146 Å². The minimum absolute atomic E-state index is 0.00191. The monoisotopic (exact) mass is 986 g/mol.